The van der Waals surface area contributed by atoms with E-state index in [9.17, 15) is 4.79 Å². The van der Waals surface area contributed by atoms with E-state index in [1.54, 1.807) is 7.11 Å². The number of hydrogen-bond acceptors (Lipinski definition) is 4. The number of rotatable bonds is 6. The number of esters is 1. The summed E-state index contributed by atoms with van der Waals surface area (Å²) in [6.07, 6.45) is 0. The summed E-state index contributed by atoms with van der Waals surface area (Å²) in [5.41, 5.74) is 1.40. The number of hydrogen-bond donors (Lipinski definition) is 1. The van der Waals surface area contributed by atoms with Crippen LogP contribution in [0.3, 0.4) is 0 Å². The minimum Gasteiger partial charge on any atom is -0.497 e. The Morgan fingerprint density at radius 2 is 1.73 bits per heavy atom. The van der Waals surface area contributed by atoms with Crippen LogP contribution in [0.1, 0.15) is 39.3 Å². The van der Waals surface area contributed by atoms with Crippen LogP contribution in [0.25, 0.3) is 0 Å². The van der Waals surface area contributed by atoms with Crippen LogP contribution >= 0.6 is 0 Å². The van der Waals surface area contributed by atoms with Crippen LogP contribution < -0.4 is 10.1 Å². The van der Waals surface area contributed by atoms with E-state index in [0.717, 1.165) is 11.3 Å². The molecular formula is C18H27NO3. The van der Waals surface area contributed by atoms with Gasteiger partial charge in [0.05, 0.1) is 14.2 Å². The van der Waals surface area contributed by atoms with Gasteiger partial charge in [0.25, 0.3) is 0 Å². The van der Waals surface area contributed by atoms with E-state index in [1.807, 2.05) is 24.3 Å². The Hall–Kier alpha value is -1.81. The Morgan fingerprint density at radius 3 is 2.14 bits per heavy atom. The molecule has 4 heteroatoms. The van der Waals surface area contributed by atoms with E-state index >= 15 is 0 Å². The number of ether oxygens (including phenoxy) is 2. The maximum atomic E-state index is 11.8. The third-order valence-electron chi connectivity index (χ3n) is 3.69. The van der Waals surface area contributed by atoms with Crippen molar-refractivity contribution >= 4 is 5.97 Å². The average Bonchev–Trinajstić information content (AvgIpc) is 2.49. The summed E-state index contributed by atoms with van der Waals surface area (Å²) >= 11 is 0. The summed E-state index contributed by atoms with van der Waals surface area (Å²) in [5, 5.41) is 3.48. The standard InChI is InChI=1S/C18H27NO3/c1-12(17(20)22-7)16(18(3,4)5)19-13(2)14-8-10-15(21-6)11-9-14/h8-11,13,16,19H,1H2,2-7H3/t13-,16-/m0/s1. The molecule has 0 heterocycles. The first-order chi connectivity index (χ1) is 10.2. The molecule has 0 aliphatic carbocycles. The summed E-state index contributed by atoms with van der Waals surface area (Å²) < 4.78 is 9.98. The minimum absolute atomic E-state index is 0.0662. The highest BCUT2D eigenvalue weighted by Gasteiger charge is 2.32. The van der Waals surface area contributed by atoms with Crippen molar-refractivity contribution in [1.82, 2.24) is 5.32 Å². The third kappa shape index (κ3) is 4.60. The molecule has 0 radical (unpaired) electrons. The predicted octanol–water partition coefficient (Wildman–Crippen LogP) is 3.49. The van der Waals surface area contributed by atoms with E-state index < -0.39 is 0 Å². The molecule has 0 aliphatic rings. The second-order valence-corrected chi connectivity index (χ2v) is 6.48. The second-order valence-electron chi connectivity index (χ2n) is 6.48. The molecule has 0 fully saturated rings. The Morgan fingerprint density at radius 1 is 1.18 bits per heavy atom. The fraction of sp³-hybridized carbons (Fsp3) is 0.500. The molecule has 4 nitrogen and oxygen atoms in total. The zero-order valence-electron chi connectivity index (χ0n) is 14.4. The highest BCUT2D eigenvalue weighted by atomic mass is 16.5. The van der Waals surface area contributed by atoms with Crippen molar-refractivity contribution in [2.75, 3.05) is 14.2 Å². The van der Waals surface area contributed by atoms with Gasteiger partial charge in [0.2, 0.25) is 0 Å². The second kappa shape index (κ2) is 7.45. The van der Waals surface area contributed by atoms with Gasteiger partial charge < -0.3 is 14.8 Å². The zero-order chi connectivity index (χ0) is 16.9. The van der Waals surface area contributed by atoms with Crippen LogP contribution in [-0.2, 0) is 9.53 Å². The van der Waals surface area contributed by atoms with Crippen molar-refractivity contribution < 1.29 is 14.3 Å². The molecule has 0 aromatic heterocycles. The summed E-state index contributed by atoms with van der Waals surface area (Å²) in [4.78, 5) is 11.8. The van der Waals surface area contributed by atoms with Gasteiger partial charge in [-0.15, -0.1) is 0 Å². The molecule has 1 aromatic carbocycles. The molecule has 0 bridgehead atoms. The van der Waals surface area contributed by atoms with E-state index in [-0.39, 0.29) is 23.5 Å². The van der Waals surface area contributed by atoms with Gasteiger partial charge in [-0.3, -0.25) is 0 Å². The molecule has 122 valence electrons. The van der Waals surface area contributed by atoms with Crippen molar-refractivity contribution in [1.29, 1.82) is 0 Å². The molecular weight excluding hydrogens is 278 g/mol. The fourth-order valence-corrected chi connectivity index (χ4v) is 2.36. The Labute approximate surface area is 133 Å². The summed E-state index contributed by atoms with van der Waals surface area (Å²) in [7, 11) is 3.02. The average molecular weight is 305 g/mol. The highest BCUT2D eigenvalue weighted by Crippen LogP contribution is 2.28. The fourth-order valence-electron chi connectivity index (χ4n) is 2.36. The first-order valence-corrected chi connectivity index (χ1v) is 7.37. The lowest BCUT2D eigenvalue weighted by molar-refractivity contribution is -0.136. The summed E-state index contributed by atoms with van der Waals surface area (Å²) in [6, 6.07) is 7.76. The number of carbonyl (C=O) groups excluding carboxylic acids is 1. The smallest absolute Gasteiger partial charge is 0.334 e. The topological polar surface area (TPSA) is 47.6 Å². The maximum Gasteiger partial charge on any atom is 0.334 e. The van der Waals surface area contributed by atoms with E-state index in [0.29, 0.717) is 5.57 Å². The van der Waals surface area contributed by atoms with Gasteiger partial charge in [-0.1, -0.05) is 39.5 Å². The number of carbonyl (C=O) groups is 1. The normalized spacial score (nSPS) is 14.1. The Kier molecular flexibility index (Phi) is 6.18. The molecule has 0 amide bonds. The first kappa shape index (κ1) is 18.2. The lowest BCUT2D eigenvalue weighted by Crippen LogP contribution is -2.44. The largest absolute Gasteiger partial charge is 0.497 e. The van der Waals surface area contributed by atoms with Crippen molar-refractivity contribution in [3.05, 3.63) is 42.0 Å². The van der Waals surface area contributed by atoms with Crippen LogP contribution in [0, 0.1) is 5.41 Å². The molecule has 0 aliphatic heterocycles. The lowest BCUT2D eigenvalue weighted by atomic mass is 9.82. The summed E-state index contributed by atoms with van der Waals surface area (Å²) in [5.74, 6) is 0.441. The quantitative estimate of drug-likeness (QED) is 0.645. The number of methoxy groups -OCH3 is 2. The molecule has 0 unspecified atom stereocenters. The first-order valence-electron chi connectivity index (χ1n) is 7.37. The van der Waals surface area contributed by atoms with Crippen LogP contribution in [0.2, 0.25) is 0 Å². The van der Waals surface area contributed by atoms with E-state index in [4.69, 9.17) is 9.47 Å². The van der Waals surface area contributed by atoms with Gasteiger partial charge in [0, 0.05) is 17.7 Å². The van der Waals surface area contributed by atoms with Crippen LogP contribution in [0.5, 0.6) is 5.75 Å². The third-order valence-corrected chi connectivity index (χ3v) is 3.69. The van der Waals surface area contributed by atoms with Gasteiger partial charge in [0.15, 0.2) is 0 Å². The van der Waals surface area contributed by atoms with Crippen molar-refractivity contribution in [3.63, 3.8) is 0 Å². The van der Waals surface area contributed by atoms with Crippen LogP contribution in [0.4, 0.5) is 0 Å². The maximum absolute atomic E-state index is 11.8. The predicted molar refractivity (Wildman–Crippen MR) is 88.9 cm³/mol. The molecule has 0 saturated carbocycles. The summed E-state index contributed by atoms with van der Waals surface area (Å²) in [6.45, 7) is 12.2. The Bertz CT molecular complexity index is 514. The molecule has 22 heavy (non-hydrogen) atoms. The Balaban J connectivity index is 2.93. The molecule has 2 atom stereocenters. The molecule has 1 aromatic rings. The van der Waals surface area contributed by atoms with Crippen LogP contribution in [0.15, 0.2) is 36.4 Å². The van der Waals surface area contributed by atoms with E-state index in [1.165, 1.54) is 7.11 Å². The van der Waals surface area contributed by atoms with Gasteiger partial charge in [-0.25, -0.2) is 4.79 Å². The van der Waals surface area contributed by atoms with Crippen LogP contribution in [-0.4, -0.2) is 26.2 Å². The minimum atomic E-state index is -0.380. The highest BCUT2D eigenvalue weighted by molar-refractivity contribution is 5.89. The van der Waals surface area contributed by atoms with Gasteiger partial charge >= 0.3 is 5.97 Å². The SMILES string of the molecule is C=C(C(=O)OC)[C@H](N[C@@H](C)c1ccc(OC)cc1)C(C)(C)C. The van der Waals surface area contributed by atoms with Crippen molar-refractivity contribution in [2.24, 2.45) is 5.41 Å². The number of benzene rings is 1. The zero-order valence-corrected chi connectivity index (χ0v) is 14.4. The van der Waals surface area contributed by atoms with Crippen molar-refractivity contribution in [2.45, 2.75) is 39.8 Å². The van der Waals surface area contributed by atoms with Gasteiger partial charge in [-0.2, -0.15) is 0 Å². The van der Waals surface area contributed by atoms with E-state index in [2.05, 4.69) is 39.6 Å². The van der Waals surface area contributed by atoms with Crippen molar-refractivity contribution in [3.8, 4) is 5.75 Å². The number of nitrogens with one attached hydrogen (secondary N) is 1. The van der Waals surface area contributed by atoms with Gasteiger partial charge in [-0.05, 0) is 30.0 Å². The van der Waals surface area contributed by atoms with Gasteiger partial charge in [0.1, 0.15) is 5.75 Å². The molecule has 1 N–H and O–H groups in total. The monoisotopic (exact) mass is 305 g/mol. The lowest BCUT2D eigenvalue weighted by Gasteiger charge is -2.34. The molecule has 0 spiro atoms. The molecule has 1 rings (SSSR count). The molecule has 0 saturated heterocycles.